The van der Waals surface area contributed by atoms with Crippen molar-refractivity contribution >= 4 is 29.6 Å². The van der Waals surface area contributed by atoms with Crippen LogP contribution in [0.1, 0.15) is 19.8 Å². The van der Waals surface area contributed by atoms with Gasteiger partial charge in [-0.05, 0) is 13.3 Å². The second kappa shape index (κ2) is 11.8. The van der Waals surface area contributed by atoms with Crippen LogP contribution in [0.3, 0.4) is 0 Å². The van der Waals surface area contributed by atoms with E-state index < -0.39 is 67.0 Å². The molecule has 0 heterocycles. The Morgan fingerprint density at radius 2 is 1.41 bits per heavy atom. The highest BCUT2D eigenvalue weighted by molar-refractivity contribution is 5.94. The van der Waals surface area contributed by atoms with Gasteiger partial charge in [-0.15, -0.1) is 0 Å². The molecule has 10 N–H and O–H groups in total. The monoisotopic (exact) mass is 391 g/mol. The summed E-state index contributed by atoms with van der Waals surface area (Å²) < 4.78 is 0. The van der Waals surface area contributed by atoms with Crippen molar-refractivity contribution in [2.45, 2.75) is 43.9 Å². The third-order valence-electron chi connectivity index (χ3n) is 3.40. The molecule has 0 saturated heterocycles. The van der Waals surface area contributed by atoms with Gasteiger partial charge in [-0.3, -0.25) is 19.2 Å². The number of hydrogen-bond acceptors (Lipinski definition) is 8. The first-order chi connectivity index (χ1) is 12.5. The van der Waals surface area contributed by atoms with Crippen LogP contribution >= 0.6 is 0 Å². The van der Waals surface area contributed by atoms with E-state index >= 15 is 0 Å². The average Bonchev–Trinajstić information content (AvgIpc) is 2.60. The number of hydrogen-bond donors (Lipinski definition) is 8. The van der Waals surface area contributed by atoms with E-state index in [2.05, 4.69) is 10.6 Å². The van der Waals surface area contributed by atoms with Gasteiger partial charge >= 0.3 is 5.97 Å². The van der Waals surface area contributed by atoms with Crippen molar-refractivity contribution in [2.24, 2.45) is 11.5 Å². The number of carbonyl (C=O) groups excluding carboxylic acids is 4. The summed E-state index contributed by atoms with van der Waals surface area (Å²) in [4.78, 5) is 57.2. The Balaban J connectivity index is 4.68. The van der Waals surface area contributed by atoms with Crippen molar-refractivity contribution < 1.29 is 39.3 Å². The molecule has 0 bridgehead atoms. The number of nitrogens with two attached hydrogens (primary N) is 2. The van der Waals surface area contributed by atoms with Crippen LogP contribution < -0.4 is 27.4 Å². The van der Waals surface area contributed by atoms with E-state index in [9.17, 15) is 29.1 Å². The van der Waals surface area contributed by atoms with Crippen LogP contribution in [0.5, 0.6) is 0 Å². The van der Waals surface area contributed by atoms with Crippen molar-refractivity contribution in [1.82, 2.24) is 16.0 Å². The number of rotatable bonds is 12. The SMILES string of the molecule is CC(NC(=O)C(N)CCC(N)=O)C(=O)NC(CO)C(=O)NC(CO)C(=O)O. The largest absolute Gasteiger partial charge is 0.480 e. The molecule has 0 aliphatic rings. The lowest BCUT2D eigenvalue weighted by Crippen LogP contribution is -2.57. The van der Waals surface area contributed by atoms with Crippen LogP contribution in [0, 0.1) is 0 Å². The highest BCUT2D eigenvalue weighted by Gasteiger charge is 2.28. The fraction of sp³-hybridized carbons (Fsp3) is 0.643. The van der Waals surface area contributed by atoms with Crippen molar-refractivity contribution in [3.63, 3.8) is 0 Å². The minimum atomic E-state index is -1.61. The number of primary amides is 1. The Morgan fingerprint density at radius 3 is 1.85 bits per heavy atom. The smallest absolute Gasteiger partial charge is 0.328 e. The minimum Gasteiger partial charge on any atom is -0.480 e. The fourth-order valence-electron chi connectivity index (χ4n) is 1.76. The quantitative estimate of drug-likeness (QED) is 0.159. The predicted molar refractivity (Wildman–Crippen MR) is 89.7 cm³/mol. The van der Waals surface area contributed by atoms with Gasteiger partial charge in [0, 0.05) is 6.42 Å². The van der Waals surface area contributed by atoms with Crippen molar-refractivity contribution in [3.05, 3.63) is 0 Å². The van der Waals surface area contributed by atoms with Crippen LogP contribution in [0.15, 0.2) is 0 Å². The highest BCUT2D eigenvalue weighted by atomic mass is 16.4. The zero-order chi connectivity index (χ0) is 21.1. The highest BCUT2D eigenvalue weighted by Crippen LogP contribution is 1.96. The van der Waals surface area contributed by atoms with Crippen molar-refractivity contribution in [2.75, 3.05) is 13.2 Å². The number of aliphatic hydroxyl groups excluding tert-OH is 2. The number of aliphatic hydroxyl groups is 2. The standard InChI is InChI=1S/C14H25N5O8/c1-6(17-12(24)7(15)2-3-10(16)22)11(23)18-8(4-20)13(25)19-9(5-21)14(26)27/h6-9,20-21H,2-5,15H2,1H3,(H2,16,22)(H,17,24)(H,18,23)(H,19,25)(H,26,27). The number of aliphatic carboxylic acids is 1. The van der Waals surface area contributed by atoms with Gasteiger partial charge in [-0.25, -0.2) is 4.79 Å². The van der Waals surface area contributed by atoms with Crippen LogP contribution in [0.4, 0.5) is 0 Å². The number of nitrogens with one attached hydrogen (secondary N) is 3. The average molecular weight is 391 g/mol. The Bertz CT molecular complexity index is 570. The topological polar surface area (TPSA) is 234 Å². The molecule has 27 heavy (non-hydrogen) atoms. The zero-order valence-electron chi connectivity index (χ0n) is 14.7. The van der Waals surface area contributed by atoms with Gasteiger partial charge < -0.3 is 42.7 Å². The molecule has 4 atom stereocenters. The molecule has 0 radical (unpaired) electrons. The maximum atomic E-state index is 12.0. The molecule has 0 saturated carbocycles. The van der Waals surface area contributed by atoms with E-state index in [1.165, 1.54) is 6.92 Å². The normalized spacial score (nSPS) is 15.0. The van der Waals surface area contributed by atoms with E-state index in [1.54, 1.807) is 0 Å². The van der Waals surface area contributed by atoms with Gasteiger partial charge in [0.05, 0.1) is 19.3 Å². The number of carboxylic acids is 1. The van der Waals surface area contributed by atoms with Gasteiger partial charge in [-0.2, -0.15) is 0 Å². The van der Waals surface area contributed by atoms with Crippen LogP contribution in [0.2, 0.25) is 0 Å². The summed E-state index contributed by atoms with van der Waals surface area (Å²) in [5, 5.41) is 33.2. The molecule has 0 fully saturated rings. The lowest BCUT2D eigenvalue weighted by molar-refractivity contribution is -0.143. The Morgan fingerprint density at radius 1 is 0.889 bits per heavy atom. The maximum absolute atomic E-state index is 12.0. The van der Waals surface area contributed by atoms with E-state index in [-0.39, 0.29) is 12.8 Å². The first kappa shape index (κ1) is 24.2. The molecule has 0 aromatic heterocycles. The summed E-state index contributed by atoms with van der Waals surface area (Å²) in [7, 11) is 0. The van der Waals surface area contributed by atoms with Gasteiger partial charge in [0.15, 0.2) is 0 Å². The van der Waals surface area contributed by atoms with E-state index in [1.807, 2.05) is 5.32 Å². The molecule has 154 valence electrons. The van der Waals surface area contributed by atoms with Gasteiger partial charge in [-0.1, -0.05) is 0 Å². The molecule has 0 rings (SSSR count). The molecule has 0 aromatic rings. The molecule has 4 amide bonds. The van der Waals surface area contributed by atoms with Gasteiger partial charge in [0.1, 0.15) is 18.1 Å². The van der Waals surface area contributed by atoms with Crippen LogP contribution in [-0.2, 0) is 24.0 Å². The number of carboxylic acid groups (broad SMARTS) is 1. The second-order valence-electron chi connectivity index (χ2n) is 5.67. The summed E-state index contributed by atoms with van der Waals surface area (Å²) >= 11 is 0. The maximum Gasteiger partial charge on any atom is 0.328 e. The first-order valence-corrected chi connectivity index (χ1v) is 7.93. The number of carbonyl (C=O) groups is 5. The Kier molecular flexibility index (Phi) is 10.6. The predicted octanol–water partition coefficient (Wildman–Crippen LogP) is -4.88. The molecule has 4 unspecified atom stereocenters. The molecule has 13 nitrogen and oxygen atoms in total. The molecule has 13 heteroatoms. The van der Waals surface area contributed by atoms with E-state index in [0.717, 1.165) is 0 Å². The molecular formula is C14H25N5O8. The Labute approximate surface area is 154 Å². The fourth-order valence-corrected chi connectivity index (χ4v) is 1.76. The van der Waals surface area contributed by atoms with Crippen molar-refractivity contribution in [3.8, 4) is 0 Å². The lowest BCUT2D eigenvalue weighted by Gasteiger charge is -2.22. The second-order valence-corrected chi connectivity index (χ2v) is 5.67. The molecule has 0 aliphatic heterocycles. The van der Waals surface area contributed by atoms with Crippen LogP contribution in [0.25, 0.3) is 0 Å². The third-order valence-corrected chi connectivity index (χ3v) is 3.40. The summed E-state index contributed by atoms with van der Waals surface area (Å²) in [6.45, 7) is -0.453. The molecular weight excluding hydrogens is 366 g/mol. The summed E-state index contributed by atoms with van der Waals surface area (Å²) in [6, 6.07) is -5.34. The van der Waals surface area contributed by atoms with Crippen molar-refractivity contribution in [1.29, 1.82) is 0 Å². The minimum absolute atomic E-state index is 0.0189. The van der Waals surface area contributed by atoms with Gasteiger partial charge in [0.2, 0.25) is 23.6 Å². The first-order valence-electron chi connectivity index (χ1n) is 7.93. The summed E-state index contributed by atoms with van der Waals surface area (Å²) in [6.07, 6.45) is -0.133. The molecule has 0 spiro atoms. The summed E-state index contributed by atoms with van der Waals surface area (Å²) in [5.74, 6) is -4.75. The zero-order valence-corrected chi connectivity index (χ0v) is 14.7. The number of amides is 4. The summed E-state index contributed by atoms with van der Waals surface area (Å²) in [5.41, 5.74) is 10.5. The molecule has 0 aromatic carbocycles. The molecule has 0 aliphatic carbocycles. The van der Waals surface area contributed by atoms with E-state index in [4.69, 9.17) is 21.7 Å². The van der Waals surface area contributed by atoms with E-state index in [0.29, 0.717) is 0 Å². The lowest BCUT2D eigenvalue weighted by atomic mass is 10.1. The van der Waals surface area contributed by atoms with Gasteiger partial charge in [0.25, 0.3) is 0 Å². The Hall–Kier alpha value is -2.77. The van der Waals surface area contributed by atoms with Crippen LogP contribution in [-0.4, -0.2) is 82.3 Å². The third kappa shape index (κ3) is 8.94.